The van der Waals surface area contributed by atoms with Crippen LogP contribution in [-0.4, -0.2) is 35.4 Å². The Morgan fingerprint density at radius 2 is 2.00 bits per heavy atom. The van der Waals surface area contributed by atoms with Crippen molar-refractivity contribution in [2.45, 2.75) is 19.9 Å². The van der Waals surface area contributed by atoms with E-state index >= 15 is 0 Å². The van der Waals surface area contributed by atoms with Gasteiger partial charge in [-0.1, -0.05) is 42.0 Å². The Labute approximate surface area is 168 Å². The molecule has 28 heavy (non-hydrogen) atoms. The average molecular weight is 394 g/mol. The van der Waals surface area contributed by atoms with Crippen molar-refractivity contribution in [2.75, 3.05) is 13.7 Å². The topological polar surface area (TPSA) is 59.5 Å². The molecule has 0 radical (unpaired) electrons. The Morgan fingerprint density at radius 1 is 1.21 bits per heavy atom. The van der Waals surface area contributed by atoms with E-state index in [9.17, 15) is 9.59 Å². The number of amides is 1. The van der Waals surface area contributed by atoms with E-state index in [-0.39, 0.29) is 18.6 Å². The maximum Gasteiger partial charge on any atom is 0.331 e. The number of carbonyl (C=O) groups excluding carboxylic acids is 2. The molecule has 0 fully saturated rings. The van der Waals surface area contributed by atoms with Gasteiger partial charge in [-0.25, -0.2) is 9.78 Å². The summed E-state index contributed by atoms with van der Waals surface area (Å²) in [6.07, 6.45) is 3.01. The zero-order chi connectivity index (χ0) is 20.1. The van der Waals surface area contributed by atoms with Crippen molar-refractivity contribution in [1.29, 1.82) is 0 Å². The minimum absolute atomic E-state index is 0.202. The van der Waals surface area contributed by atoms with Gasteiger partial charge in [0.2, 0.25) is 0 Å². The number of benzene rings is 2. The number of aryl methyl sites for hydroxylation is 1. The van der Waals surface area contributed by atoms with Crippen LogP contribution < -0.4 is 0 Å². The number of nitrogens with zero attached hydrogens (tertiary/aromatic N) is 2. The third-order valence-electron chi connectivity index (χ3n) is 4.43. The molecule has 0 aliphatic heterocycles. The number of aromatic nitrogens is 1. The number of rotatable bonds is 6. The summed E-state index contributed by atoms with van der Waals surface area (Å²) in [4.78, 5) is 30.4. The van der Waals surface area contributed by atoms with Crippen LogP contribution in [0.25, 0.3) is 16.3 Å². The van der Waals surface area contributed by atoms with Gasteiger partial charge in [-0.15, -0.1) is 11.3 Å². The Balaban J connectivity index is 1.55. The summed E-state index contributed by atoms with van der Waals surface area (Å²) in [5.41, 5.74) is 2.93. The number of ether oxygens (including phenoxy) is 1. The van der Waals surface area contributed by atoms with Crippen molar-refractivity contribution in [3.05, 3.63) is 70.7 Å². The van der Waals surface area contributed by atoms with Gasteiger partial charge in [-0.05, 0) is 37.6 Å². The maximum atomic E-state index is 12.4. The highest BCUT2D eigenvalue weighted by Gasteiger charge is 2.21. The average Bonchev–Trinajstić information content (AvgIpc) is 3.13. The van der Waals surface area contributed by atoms with E-state index in [0.29, 0.717) is 0 Å². The Bertz CT molecular complexity index is 992. The number of fused-ring (bicyclic) bond motifs is 1. The van der Waals surface area contributed by atoms with Crippen molar-refractivity contribution in [3.63, 3.8) is 0 Å². The van der Waals surface area contributed by atoms with E-state index in [1.807, 2.05) is 62.4 Å². The lowest BCUT2D eigenvalue weighted by molar-refractivity contribution is -0.148. The van der Waals surface area contributed by atoms with E-state index in [4.69, 9.17) is 4.74 Å². The molecule has 144 valence electrons. The second-order valence-electron chi connectivity index (χ2n) is 6.56. The Hall–Kier alpha value is -2.99. The van der Waals surface area contributed by atoms with Gasteiger partial charge < -0.3 is 9.64 Å². The number of likely N-dealkylation sites (N-methyl/N-ethyl adjacent to an activating group) is 1. The summed E-state index contributed by atoms with van der Waals surface area (Å²) < 4.78 is 6.17. The summed E-state index contributed by atoms with van der Waals surface area (Å²) in [6.45, 7) is 3.59. The van der Waals surface area contributed by atoms with E-state index in [0.717, 1.165) is 26.4 Å². The number of hydrogen-bond donors (Lipinski definition) is 0. The molecule has 1 atom stereocenters. The van der Waals surface area contributed by atoms with Gasteiger partial charge in [0.15, 0.2) is 6.61 Å². The number of carbonyl (C=O) groups is 2. The van der Waals surface area contributed by atoms with Crippen LogP contribution in [-0.2, 0) is 14.3 Å². The van der Waals surface area contributed by atoms with Crippen molar-refractivity contribution in [2.24, 2.45) is 0 Å². The van der Waals surface area contributed by atoms with Crippen molar-refractivity contribution < 1.29 is 14.3 Å². The number of thiazole rings is 1. The highest BCUT2D eigenvalue weighted by atomic mass is 32.1. The Morgan fingerprint density at radius 3 is 2.75 bits per heavy atom. The smallest absolute Gasteiger partial charge is 0.331 e. The minimum atomic E-state index is -0.545. The molecule has 0 aliphatic carbocycles. The molecule has 0 aliphatic rings. The molecule has 1 aromatic heterocycles. The molecule has 0 N–H and O–H groups in total. The maximum absolute atomic E-state index is 12.4. The lowest BCUT2D eigenvalue weighted by Gasteiger charge is -2.22. The molecule has 0 spiro atoms. The molecule has 3 rings (SSSR count). The first-order valence-corrected chi connectivity index (χ1v) is 9.78. The quantitative estimate of drug-likeness (QED) is 0.460. The summed E-state index contributed by atoms with van der Waals surface area (Å²) in [5.74, 6) is -0.819. The third-order valence-corrected chi connectivity index (χ3v) is 5.64. The normalized spacial score (nSPS) is 12.2. The van der Waals surface area contributed by atoms with Gasteiger partial charge in [0.1, 0.15) is 5.01 Å². The fourth-order valence-electron chi connectivity index (χ4n) is 2.67. The fraction of sp³-hybridized carbons (Fsp3) is 0.227. The van der Waals surface area contributed by atoms with Gasteiger partial charge in [0.05, 0.1) is 16.3 Å². The van der Waals surface area contributed by atoms with Gasteiger partial charge >= 0.3 is 5.97 Å². The molecule has 0 saturated carbocycles. The van der Waals surface area contributed by atoms with Crippen LogP contribution in [0, 0.1) is 6.92 Å². The molecular weight excluding hydrogens is 372 g/mol. The highest BCUT2D eigenvalue weighted by Crippen LogP contribution is 2.28. The number of hydrogen-bond acceptors (Lipinski definition) is 5. The monoisotopic (exact) mass is 394 g/mol. The second-order valence-corrected chi connectivity index (χ2v) is 7.62. The SMILES string of the molecule is Cc1cccc(/C=C/C(=O)OCC(=O)N(C)[C@@H](C)c2nc3ccccc3s2)c1. The van der Waals surface area contributed by atoms with Crippen molar-refractivity contribution in [1.82, 2.24) is 9.88 Å². The first-order valence-electron chi connectivity index (χ1n) is 8.96. The molecule has 1 heterocycles. The predicted octanol–water partition coefficient (Wildman–Crippen LogP) is 4.38. The van der Waals surface area contributed by atoms with Crippen LogP contribution in [0.4, 0.5) is 0 Å². The molecule has 5 nitrogen and oxygen atoms in total. The van der Waals surface area contributed by atoms with Gasteiger partial charge in [0.25, 0.3) is 5.91 Å². The summed E-state index contributed by atoms with van der Waals surface area (Å²) >= 11 is 1.56. The first-order chi connectivity index (χ1) is 13.4. The lowest BCUT2D eigenvalue weighted by atomic mass is 10.1. The lowest BCUT2D eigenvalue weighted by Crippen LogP contribution is -2.33. The van der Waals surface area contributed by atoms with Crippen LogP contribution in [0.2, 0.25) is 0 Å². The van der Waals surface area contributed by atoms with E-state index in [1.165, 1.54) is 6.08 Å². The molecule has 2 aromatic carbocycles. The van der Waals surface area contributed by atoms with E-state index in [2.05, 4.69) is 4.98 Å². The van der Waals surface area contributed by atoms with E-state index < -0.39 is 5.97 Å². The van der Waals surface area contributed by atoms with Crippen LogP contribution in [0.15, 0.2) is 54.6 Å². The summed E-state index contributed by atoms with van der Waals surface area (Å²) in [5, 5.41) is 0.850. The molecule has 0 bridgehead atoms. The molecule has 1 amide bonds. The van der Waals surface area contributed by atoms with Crippen LogP contribution in [0.1, 0.15) is 29.1 Å². The standard InChI is InChI=1S/C22H22N2O3S/c1-15-7-6-8-17(13-15)11-12-21(26)27-14-20(25)24(3)16(2)22-23-18-9-4-5-10-19(18)28-22/h4-13,16H,14H2,1-3H3/b12-11+/t16-/m0/s1. The third kappa shape index (κ3) is 4.84. The fourth-order valence-corrected chi connectivity index (χ4v) is 3.73. The number of para-hydroxylation sites is 1. The van der Waals surface area contributed by atoms with Gasteiger partial charge in [-0.3, -0.25) is 4.79 Å². The van der Waals surface area contributed by atoms with Gasteiger partial charge in [-0.2, -0.15) is 0 Å². The second kappa shape index (κ2) is 8.80. The zero-order valence-electron chi connectivity index (χ0n) is 16.1. The first kappa shape index (κ1) is 19.8. The molecular formula is C22H22N2O3S. The van der Waals surface area contributed by atoms with E-state index in [1.54, 1.807) is 29.4 Å². The van der Waals surface area contributed by atoms with Crippen LogP contribution in [0.3, 0.4) is 0 Å². The zero-order valence-corrected chi connectivity index (χ0v) is 16.9. The molecule has 3 aromatic rings. The molecule has 0 saturated heterocycles. The molecule has 0 unspecified atom stereocenters. The van der Waals surface area contributed by atoms with Crippen LogP contribution in [0.5, 0.6) is 0 Å². The largest absolute Gasteiger partial charge is 0.452 e. The summed E-state index contributed by atoms with van der Waals surface area (Å²) in [7, 11) is 1.69. The van der Waals surface area contributed by atoms with Crippen LogP contribution >= 0.6 is 11.3 Å². The van der Waals surface area contributed by atoms with Gasteiger partial charge in [0, 0.05) is 13.1 Å². The Kier molecular flexibility index (Phi) is 6.21. The number of esters is 1. The highest BCUT2D eigenvalue weighted by molar-refractivity contribution is 7.18. The molecule has 6 heteroatoms. The summed E-state index contributed by atoms with van der Waals surface area (Å²) in [6, 6.07) is 15.4. The predicted molar refractivity (Wildman–Crippen MR) is 112 cm³/mol. The van der Waals surface area contributed by atoms with Crippen molar-refractivity contribution in [3.8, 4) is 0 Å². The minimum Gasteiger partial charge on any atom is -0.452 e. The van der Waals surface area contributed by atoms with Crippen molar-refractivity contribution >= 4 is 39.5 Å².